The Kier molecular flexibility index (Phi) is 3.42. The first-order chi connectivity index (χ1) is 8.58. The average Bonchev–Trinajstić information content (AvgIpc) is 2.36. The molecule has 2 nitrogen and oxygen atoms in total. The Morgan fingerprint density at radius 2 is 1.72 bits per heavy atom. The van der Waals surface area contributed by atoms with Gasteiger partial charge in [0.25, 0.3) is 0 Å². The van der Waals surface area contributed by atoms with Crippen LogP contribution in [0.15, 0.2) is 42.5 Å². The molecule has 92 valence electrons. The quantitative estimate of drug-likeness (QED) is 0.595. The SMILES string of the molecule is Cc1cccc(OC(=O)c2ccc(F)cc2)c1C. The fourth-order valence-corrected chi connectivity index (χ4v) is 1.58. The van der Waals surface area contributed by atoms with E-state index < -0.39 is 5.97 Å². The first kappa shape index (κ1) is 12.3. The zero-order valence-electron chi connectivity index (χ0n) is 10.2. The number of esters is 1. The van der Waals surface area contributed by atoms with E-state index in [1.54, 1.807) is 6.07 Å². The Bertz CT molecular complexity index is 574. The van der Waals surface area contributed by atoms with Gasteiger partial charge in [-0.3, -0.25) is 0 Å². The van der Waals surface area contributed by atoms with Crippen LogP contribution in [0, 0.1) is 19.7 Å². The normalized spacial score (nSPS) is 10.2. The molecule has 0 amide bonds. The summed E-state index contributed by atoms with van der Waals surface area (Å²) in [5.74, 6) is -0.327. The summed E-state index contributed by atoms with van der Waals surface area (Å²) >= 11 is 0. The minimum atomic E-state index is -0.483. The molecule has 0 unspecified atom stereocenters. The second-order valence-electron chi connectivity index (χ2n) is 4.09. The third-order valence-electron chi connectivity index (χ3n) is 2.84. The fourth-order valence-electron chi connectivity index (χ4n) is 1.58. The molecule has 0 spiro atoms. The first-order valence-corrected chi connectivity index (χ1v) is 5.62. The van der Waals surface area contributed by atoms with Crippen molar-refractivity contribution in [1.82, 2.24) is 0 Å². The summed E-state index contributed by atoms with van der Waals surface area (Å²) < 4.78 is 18.0. The molecular formula is C15H13FO2. The third-order valence-corrected chi connectivity index (χ3v) is 2.84. The van der Waals surface area contributed by atoms with Gasteiger partial charge in [0.2, 0.25) is 0 Å². The lowest BCUT2D eigenvalue weighted by molar-refractivity contribution is 0.0733. The molecule has 0 saturated heterocycles. The van der Waals surface area contributed by atoms with Crippen molar-refractivity contribution in [3.8, 4) is 5.75 Å². The van der Waals surface area contributed by atoms with Crippen molar-refractivity contribution in [1.29, 1.82) is 0 Å². The predicted octanol–water partition coefficient (Wildman–Crippen LogP) is 3.66. The van der Waals surface area contributed by atoms with Crippen molar-refractivity contribution < 1.29 is 13.9 Å². The number of aryl methyl sites for hydroxylation is 1. The van der Waals surface area contributed by atoms with E-state index in [9.17, 15) is 9.18 Å². The molecule has 18 heavy (non-hydrogen) atoms. The van der Waals surface area contributed by atoms with E-state index in [4.69, 9.17) is 4.74 Å². The standard InChI is InChI=1S/C15H13FO2/c1-10-4-3-5-14(11(10)2)18-15(17)12-6-8-13(16)9-7-12/h3-9H,1-2H3. The van der Waals surface area contributed by atoms with Gasteiger partial charge in [-0.25, -0.2) is 9.18 Å². The molecule has 0 heterocycles. The smallest absolute Gasteiger partial charge is 0.343 e. The van der Waals surface area contributed by atoms with Crippen molar-refractivity contribution in [3.63, 3.8) is 0 Å². The van der Waals surface area contributed by atoms with Gasteiger partial charge < -0.3 is 4.74 Å². The third kappa shape index (κ3) is 2.56. The zero-order valence-corrected chi connectivity index (χ0v) is 10.2. The fraction of sp³-hybridized carbons (Fsp3) is 0.133. The second-order valence-corrected chi connectivity index (χ2v) is 4.09. The van der Waals surface area contributed by atoms with Crippen molar-refractivity contribution in [3.05, 3.63) is 65.0 Å². The van der Waals surface area contributed by atoms with Gasteiger partial charge >= 0.3 is 5.97 Å². The van der Waals surface area contributed by atoms with Gasteiger partial charge in [0.15, 0.2) is 0 Å². The number of ether oxygens (including phenoxy) is 1. The lowest BCUT2D eigenvalue weighted by Crippen LogP contribution is -2.09. The van der Waals surface area contributed by atoms with E-state index in [2.05, 4.69) is 0 Å². The molecule has 0 aliphatic rings. The highest BCUT2D eigenvalue weighted by atomic mass is 19.1. The minimum absolute atomic E-state index is 0.331. The van der Waals surface area contributed by atoms with Crippen LogP contribution in [-0.2, 0) is 0 Å². The molecule has 2 aromatic rings. The molecule has 0 atom stereocenters. The minimum Gasteiger partial charge on any atom is -0.423 e. The van der Waals surface area contributed by atoms with Crippen LogP contribution in [0.5, 0.6) is 5.75 Å². The predicted molar refractivity (Wildman–Crippen MR) is 67.3 cm³/mol. The number of rotatable bonds is 2. The van der Waals surface area contributed by atoms with Gasteiger partial charge in [-0.2, -0.15) is 0 Å². The van der Waals surface area contributed by atoms with Crippen LogP contribution in [0.1, 0.15) is 21.5 Å². The molecule has 0 aliphatic heterocycles. The first-order valence-electron chi connectivity index (χ1n) is 5.62. The molecule has 0 N–H and O–H groups in total. The molecule has 0 aliphatic carbocycles. The monoisotopic (exact) mass is 244 g/mol. The van der Waals surface area contributed by atoms with Gasteiger partial charge in [0.1, 0.15) is 11.6 Å². The molecule has 0 fully saturated rings. The van der Waals surface area contributed by atoms with Crippen LogP contribution in [0.3, 0.4) is 0 Å². The second kappa shape index (κ2) is 5.00. The Morgan fingerprint density at radius 1 is 1.06 bits per heavy atom. The van der Waals surface area contributed by atoms with E-state index in [1.807, 2.05) is 26.0 Å². The Hall–Kier alpha value is -2.16. The van der Waals surface area contributed by atoms with Crippen LogP contribution < -0.4 is 4.74 Å². The molecule has 0 radical (unpaired) electrons. The molecule has 0 saturated carbocycles. The molecule has 0 bridgehead atoms. The highest BCUT2D eigenvalue weighted by molar-refractivity contribution is 5.91. The van der Waals surface area contributed by atoms with E-state index in [-0.39, 0.29) is 5.82 Å². The van der Waals surface area contributed by atoms with Crippen LogP contribution in [0.4, 0.5) is 4.39 Å². The summed E-state index contributed by atoms with van der Waals surface area (Å²) in [6.45, 7) is 3.84. The Labute approximate surface area is 105 Å². The molecular weight excluding hydrogens is 231 g/mol. The van der Waals surface area contributed by atoms with Gasteiger partial charge in [-0.05, 0) is 55.3 Å². The summed E-state index contributed by atoms with van der Waals surface area (Å²) in [5, 5.41) is 0. The molecule has 0 aromatic heterocycles. The van der Waals surface area contributed by atoms with Crippen molar-refractivity contribution in [2.75, 3.05) is 0 Å². The molecule has 2 rings (SSSR count). The maximum absolute atomic E-state index is 12.7. The number of hydrogen-bond acceptors (Lipinski definition) is 2. The molecule has 2 aromatic carbocycles. The highest BCUT2D eigenvalue weighted by Gasteiger charge is 2.10. The van der Waals surface area contributed by atoms with Crippen LogP contribution in [0.2, 0.25) is 0 Å². The van der Waals surface area contributed by atoms with Gasteiger partial charge in [-0.15, -0.1) is 0 Å². The summed E-state index contributed by atoms with van der Waals surface area (Å²) in [6.07, 6.45) is 0. The van der Waals surface area contributed by atoms with Gasteiger partial charge in [0.05, 0.1) is 5.56 Å². The summed E-state index contributed by atoms with van der Waals surface area (Å²) in [4.78, 5) is 11.8. The lowest BCUT2D eigenvalue weighted by atomic mass is 10.1. The number of halogens is 1. The van der Waals surface area contributed by atoms with E-state index in [0.717, 1.165) is 11.1 Å². The summed E-state index contributed by atoms with van der Waals surface area (Å²) in [7, 11) is 0. The summed E-state index contributed by atoms with van der Waals surface area (Å²) in [5.41, 5.74) is 2.31. The number of benzene rings is 2. The molecule has 3 heteroatoms. The average molecular weight is 244 g/mol. The van der Waals surface area contributed by atoms with Gasteiger partial charge in [0, 0.05) is 0 Å². The maximum Gasteiger partial charge on any atom is 0.343 e. The van der Waals surface area contributed by atoms with E-state index in [0.29, 0.717) is 11.3 Å². The van der Waals surface area contributed by atoms with Crippen molar-refractivity contribution in [2.45, 2.75) is 13.8 Å². The van der Waals surface area contributed by atoms with E-state index in [1.165, 1.54) is 24.3 Å². The van der Waals surface area contributed by atoms with Crippen molar-refractivity contribution in [2.24, 2.45) is 0 Å². The Morgan fingerprint density at radius 3 is 2.39 bits per heavy atom. The van der Waals surface area contributed by atoms with Crippen LogP contribution in [-0.4, -0.2) is 5.97 Å². The van der Waals surface area contributed by atoms with Gasteiger partial charge in [-0.1, -0.05) is 12.1 Å². The van der Waals surface area contributed by atoms with Crippen molar-refractivity contribution >= 4 is 5.97 Å². The number of hydrogen-bond donors (Lipinski definition) is 0. The number of carbonyl (C=O) groups is 1. The topological polar surface area (TPSA) is 26.3 Å². The highest BCUT2D eigenvalue weighted by Crippen LogP contribution is 2.21. The van der Waals surface area contributed by atoms with Crippen LogP contribution >= 0.6 is 0 Å². The number of carbonyl (C=O) groups excluding carboxylic acids is 1. The van der Waals surface area contributed by atoms with Crippen LogP contribution in [0.25, 0.3) is 0 Å². The maximum atomic E-state index is 12.7. The Balaban J connectivity index is 2.21. The largest absolute Gasteiger partial charge is 0.423 e. The van der Waals surface area contributed by atoms with E-state index >= 15 is 0 Å². The summed E-state index contributed by atoms with van der Waals surface area (Å²) in [6, 6.07) is 10.8. The lowest BCUT2D eigenvalue weighted by Gasteiger charge is -2.09. The zero-order chi connectivity index (χ0) is 13.1.